The van der Waals surface area contributed by atoms with Crippen LogP contribution >= 0.6 is 11.6 Å². The summed E-state index contributed by atoms with van der Waals surface area (Å²) in [6, 6.07) is -0.437. The molecule has 0 spiro atoms. The Bertz CT molecular complexity index is 429. The first-order chi connectivity index (χ1) is 7.63. The molecule has 2 rings (SSSR count). The van der Waals surface area contributed by atoms with E-state index in [0.29, 0.717) is 6.42 Å². The number of halogens is 2. The van der Waals surface area contributed by atoms with E-state index in [2.05, 4.69) is 9.97 Å². The van der Waals surface area contributed by atoms with Gasteiger partial charge in [-0.05, 0) is 18.0 Å². The Balaban J connectivity index is 2.41. The summed E-state index contributed by atoms with van der Waals surface area (Å²) in [6.45, 7) is -0.229. The molecule has 0 aliphatic carbocycles. The van der Waals surface area contributed by atoms with Gasteiger partial charge in [0.1, 0.15) is 0 Å². The van der Waals surface area contributed by atoms with Crippen molar-refractivity contribution in [3.63, 3.8) is 0 Å². The van der Waals surface area contributed by atoms with Gasteiger partial charge in [0, 0.05) is 6.42 Å². The second-order valence-corrected chi connectivity index (χ2v) is 3.79. The molecule has 5 nitrogen and oxygen atoms in total. The number of hydrogen-bond donors (Lipinski definition) is 1. The smallest absolute Gasteiger partial charge is 0.228 e. The lowest BCUT2D eigenvalue weighted by molar-refractivity contribution is -0.117. The average Bonchev–Trinajstić information content (AvgIpc) is 2.63. The average molecular weight is 246 g/mol. The molecule has 1 aliphatic rings. The number of aliphatic hydroxyl groups excluding tert-OH is 1. The van der Waals surface area contributed by atoms with Gasteiger partial charge in [0.25, 0.3) is 0 Å². The molecule has 1 fully saturated rings. The van der Waals surface area contributed by atoms with Crippen molar-refractivity contribution in [1.82, 2.24) is 9.97 Å². The van der Waals surface area contributed by atoms with Gasteiger partial charge < -0.3 is 5.11 Å². The predicted octanol–water partition coefficient (Wildman–Crippen LogP) is 0.757. The molecule has 0 aromatic carbocycles. The lowest BCUT2D eigenvalue weighted by Gasteiger charge is -2.22. The van der Waals surface area contributed by atoms with Crippen LogP contribution in [0.25, 0.3) is 0 Å². The Morgan fingerprint density at radius 1 is 1.69 bits per heavy atom. The second-order valence-electron chi connectivity index (χ2n) is 3.45. The first kappa shape index (κ1) is 11.2. The summed E-state index contributed by atoms with van der Waals surface area (Å²) >= 11 is 5.54. The van der Waals surface area contributed by atoms with Gasteiger partial charge in [-0.25, -0.2) is 9.37 Å². The molecule has 1 amide bonds. The highest BCUT2D eigenvalue weighted by Crippen LogP contribution is 2.27. The summed E-state index contributed by atoms with van der Waals surface area (Å²) in [5, 5.41) is 8.95. The fourth-order valence-electron chi connectivity index (χ4n) is 1.71. The SMILES string of the molecule is O=C1CCC(CO)N1c1nc(Cl)ncc1F. The molecule has 1 atom stereocenters. The van der Waals surface area contributed by atoms with E-state index in [1.54, 1.807) is 0 Å². The number of aromatic nitrogens is 2. The fourth-order valence-corrected chi connectivity index (χ4v) is 1.84. The van der Waals surface area contributed by atoms with E-state index in [0.717, 1.165) is 11.1 Å². The van der Waals surface area contributed by atoms with Crippen LogP contribution < -0.4 is 4.90 Å². The van der Waals surface area contributed by atoms with Gasteiger partial charge in [-0.1, -0.05) is 0 Å². The van der Waals surface area contributed by atoms with E-state index >= 15 is 0 Å². The number of amides is 1. The van der Waals surface area contributed by atoms with Crippen LogP contribution in [0, 0.1) is 5.82 Å². The maximum atomic E-state index is 13.4. The van der Waals surface area contributed by atoms with Crippen molar-refractivity contribution >= 4 is 23.3 Å². The maximum Gasteiger partial charge on any atom is 0.228 e. The Hall–Kier alpha value is -1.27. The largest absolute Gasteiger partial charge is 0.394 e. The summed E-state index contributed by atoms with van der Waals surface area (Å²) in [4.78, 5) is 19.8. The van der Waals surface area contributed by atoms with Crippen LogP contribution in [-0.2, 0) is 4.79 Å². The topological polar surface area (TPSA) is 66.3 Å². The second kappa shape index (κ2) is 4.31. The molecule has 1 unspecified atom stereocenters. The van der Waals surface area contributed by atoms with Crippen molar-refractivity contribution in [2.45, 2.75) is 18.9 Å². The lowest BCUT2D eigenvalue weighted by atomic mass is 10.2. The van der Waals surface area contributed by atoms with Crippen molar-refractivity contribution in [3.05, 3.63) is 17.3 Å². The van der Waals surface area contributed by atoms with Gasteiger partial charge in [-0.3, -0.25) is 9.69 Å². The van der Waals surface area contributed by atoms with Crippen LogP contribution in [-0.4, -0.2) is 33.6 Å². The number of aliphatic hydroxyl groups is 1. The molecular weight excluding hydrogens is 237 g/mol. The van der Waals surface area contributed by atoms with E-state index in [9.17, 15) is 9.18 Å². The summed E-state index contributed by atoms with van der Waals surface area (Å²) in [7, 11) is 0. The molecule has 1 aromatic heterocycles. The molecule has 1 aliphatic heterocycles. The summed E-state index contributed by atoms with van der Waals surface area (Å²) < 4.78 is 13.4. The molecule has 0 bridgehead atoms. The van der Waals surface area contributed by atoms with E-state index in [1.807, 2.05) is 0 Å². The third-order valence-electron chi connectivity index (χ3n) is 2.46. The zero-order valence-corrected chi connectivity index (χ0v) is 8.98. The van der Waals surface area contributed by atoms with Gasteiger partial charge in [-0.15, -0.1) is 0 Å². The Kier molecular flexibility index (Phi) is 3.02. The van der Waals surface area contributed by atoms with E-state index in [4.69, 9.17) is 16.7 Å². The van der Waals surface area contributed by atoms with Crippen LogP contribution in [0.5, 0.6) is 0 Å². The highest BCUT2D eigenvalue weighted by molar-refractivity contribution is 6.28. The van der Waals surface area contributed by atoms with Gasteiger partial charge in [0.15, 0.2) is 11.6 Å². The summed E-state index contributed by atoms with van der Waals surface area (Å²) in [6.07, 6.45) is 1.66. The highest BCUT2D eigenvalue weighted by atomic mass is 35.5. The van der Waals surface area contributed by atoms with Crippen molar-refractivity contribution in [1.29, 1.82) is 0 Å². The molecule has 86 valence electrons. The van der Waals surface area contributed by atoms with Gasteiger partial charge >= 0.3 is 0 Å². The minimum atomic E-state index is -0.724. The molecule has 2 heterocycles. The molecular formula is C9H9ClFN3O2. The molecule has 1 N–H and O–H groups in total. The third kappa shape index (κ3) is 1.85. The zero-order valence-electron chi connectivity index (χ0n) is 8.23. The molecule has 0 saturated carbocycles. The van der Waals surface area contributed by atoms with E-state index in [1.165, 1.54) is 0 Å². The van der Waals surface area contributed by atoms with Crippen LogP contribution in [0.15, 0.2) is 6.20 Å². The van der Waals surface area contributed by atoms with Crippen LogP contribution in [0.4, 0.5) is 10.2 Å². The maximum absolute atomic E-state index is 13.4. The third-order valence-corrected chi connectivity index (χ3v) is 2.64. The molecule has 16 heavy (non-hydrogen) atoms. The van der Waals surface area contributed by atoms with E-state index in [-0.39, 0.29) is 30.0 Å². The van der Waals surface area contributed by atoms with Gasteiger partial charge in [0.05, 0.1) is 18.8 Å². The number of anilines is 1. The minimum absolute atomic E-state index is 0.132. The molecule has 1 aromatic rings. The van der Waals surface area contributed by atoms with Crippen LogP contribution in [0.2, 0.25) is 5.28 Å². The van der Waals surface area contributed by atoms with E-state index < -0.39 is 11.9 Å². The number of nitrogens with zero attached hydrogens (tertiary/aromatic N) is 3. The fraction of sp³-hybridized carbons (Fsp3) is 0.444. The molecule has 7 heteroatoms. The number of carbonyl (C=O) groups is 1. The van der Waals surface area contributed by atoms with Crippen LogP contribution in [0.3, 0.4) is 0 Å². The van der Waals surface area contributed by atoms with Crippen molar-refractivity contribution in [2.24, 2.45) is 0 Å². The van der Waals surface area contributed by atoms with Crippen molar-refractivity contribution in [2.75, 3.05) is 11.5 Å². The normalized spacial score (nSPS) is 20.6. The summed E-state index contributed by atoms with van der Waals surface area (Å²) in [5.41, 5.74) is 0. The van der Waals surface area contributed by atoms with Gasteiger partial charge in [-0.2, -0.15) is 4.98 Å². The standard InChI is InChI=1S/C9H9ClFN3O2/c10-9-12-3-6(11)8(13-9)14-5(4-15)1-2-7(14)16/h3,5,15H,1-2,4H2. The summed E-state index contributed by atoms with van der Waals surface area (Å²) in [5.74, 6) is -1.16. The van der Waals surface area contributed by atoms with Crippen LogP contribution in [0.1, 0.15) is 12.8 Å². The highest BCUT2D eigenvalue weighted by Gasteiger charge is 2.34. The van der Waals surface area contributed by atoms with Gasteiger partial charge in [0.2, 0.25) is 11.2 Å². The predicted molar refractivity (Wildman–Crippen MR) is 54.6 cm³/mol. The van der Waals surface area contributed by atoms with Crippen molar-refractivity contribution in [3.8, 4) is 0 Å². The number of carbonyl (C=O) groups excluding carboxylic acids is 1. The quantitative estimate of drug-likeness (QED) is 0.781. The minimum Gasteiger partial charge on any atom is -0.394 e. The molecule has 0 radical (unpaired) electrons. The first-order valence-corrected chi connectivity index (χ1v) is 5.12. The van der Waals surface area contributed by atoms with Crippen molar-refractivity contribution < 1.29 is 14.3 Å². The number of rotatable bonds is 2. The first-order valence-electron chi connectivity index (χ1n) is 4.74. The molecule has 1 saturated heterocycles. The Labute approximate surface area is 95.9 Å². The Morgan fingerprint density at radius 3 is 3.12 bits per heavy atom. The number of hydrogen-bond acceptors (Lipinski definition) is 4. The lowest BCUT2D eigenvalue weighted by Crippen LogP contribution is -2.36. The Morgan fingerprint density at radius 2 is 2.44 bits per heavy atom. The zero-order chi connectivity index (χ0) is 11.7. The monoisotopic (exact) mass is 245 g/mol.